The fourth-order valence-electron chi connectivity index (χ4n) is 1.91. The molecule has 0 amide bonds. The summed E-state index contributed by atoms with van der Waals surface area (Å²) in [6.45, 7) is 2.55. The second kappa shape index (κ2) is 7.11. The van der Waals surface area contributed by atoms with Crippen molar-refractivity contribution < 1.29 is 9.47 Å². The van der Waals surface area contributed by atoms with Gasteiger partial charge in [0, 0.05) is 20.8 Å². The minimum atomic E-state index is 0.0836. The van der Waals surface area contributed by atoms with Crippen LogP contribution in [0, 0.1) is 0 Å². The molecule has 0 fully saturated rings. The molecule has 1 aromatic carbocycles. The average molecular weight is 356 g/mol. The van der Waals surface area contributed by atoms with Crippen LogP contribution in [0.1, 0.15) is 17.4 Å². The second-order valence-corrected chi connectivity index (χ2v) is 6.59. The molecule has 2 N–H and O–H groups in total. The molecule has 0 saturated carbocycles. The lowest BCUT2D eigenvalue weighted by Gasteiger charge is -2.14. The van der Waals surface area contributed by atoms with Gasteiger partial charge in [0.2, 0.25) is 0 Å². The Hall–Kier alpha value is -1.04. The second-order valence-electron chi connectivity index (χ2n) is 4.67. The van der Waals surface area contributed by atoms with Crippen molar-refractivity contribution in [1.82, 2.24) is 0 Å². The number of benzene rings is 1. The van der Waals surface area contributed by atoms with Gasteiger partial charge in [-0.25, -0.2) is 0 Å². The smallest absolute Gasteiger partial charge is 0.123 e. The van der Waals surface area contributed by atoms with Crippen LogP contribution in [0.5, 0.6) is 11.5 Å². The van der Waals surface area contributed by atoms with Crippen LogP contribution < -0.4 is 15.2 Å². The van der Waals surface area contributed by atoms with E-state index >= 15 is 0 Å². The summed E-state index contributed by atoms with van der Waals surface area (Å²) in [5.74, 6) is 1.69. The first kappa shape index (κ1) is 15.4. The van der Waals surface area contributed by atoms with E-state index in [9.17, 15) is 0 Å². The fourth-order valence-corrected chi connectivity index (χ4v) is 3.27. The van der Waals surface area contributed by atoms with Crippen molar-refractivity contribution in [3.8, 4) is 11.5 Å². The molecule has 2 aromatic rings. The van der Waals surface area contributed by atoms with Gasteiger partial charge in [-0.15, -0.1) is 11.3 Å². The van der Waals surface area contributed by atoms with Gasteiger partial charge in [-0.05, 0) is 59.1 Å². The van der Waals surface area contributed by atoms with E-state index < -0.39 is 0 Å². The van der Waals surface area contributed by atoms with E-state index in [1.54, 1.807) is 18.4 Å². The van der Waals surface area contributed by atoms with Crippen LogP contribution in [0.4, 0.5) is 0 Å². The molecule has 0 radical (unpaired) electrons. The first-order chi connectivity index (χ1) is 9.58. The van der Waals surface area contributed by atoms with Crippen molar-refractivity contribution >= 4 is 27.3 Å². The summed E-state index contributed by atoms with van der Waals surface area (Å²) >= 11 is 5.12. The summed E-state index contributed by atoms with van der Waals surface area (Å²) in [6.07, 6.45) is 0.765. The zero-order valence-electron chi connectivity index (χ0n) is 11.6. The molecule has 0 saturated heterocycles. The zero-order valence-corrected chi connectivity index (χ0v) is 14.0. The molecule has 0 bridgehead atoms. The Labute approximate surface area is 131 Å². The maximum atomic E-state index is 5.92. The van der Waals surface area contributed by atoms with Crippen LogP contribution in [0.25, 0.3) is 0 Å². The van der Waals surface area contributed by atoms with Crippen LogP contribution in [-0.2, 0) is 13.0 Å². The van der Waals surface area contributed by atoms with Gasteiger partial charge in [-0.3, -0.25) is 0 Å². The third-order valence-corrected chi connectivity index (χ3v) is 4.47. The molecule has 1 heterocycles. The highest BCUT2D eigenvalue weighted by atomic mass is 79.9. The molecule has 0 spiro atoms. The average Bonchev–Trinajstić information content (AvgIpc) is 2.82. The van der Waals surface area contributed by atoms with Gasteiger partial charge in [0.05, 0.1) is 7.11 Å². The van der Waals surface area contributed by atoms with E-state index in [0.29, 0.717) is 6.61 Å². The van der Waals surface area contributed by atoms with E-state index in [4.69, 9.17) is 15.2 Å². The quantitative estimate of drug-likeness (QED) is 0.851. The number of rotatable bonds is 6. The molecular formula is C15H18BrNO2S. The highest BCUT2D eigenvalue weighted by Gasteiger charge is 2.09. The van der Waals surface area contributed by atoms with Crippen molar-refractivity contribution in [2.24, 2.45) is 5.73 Å². The van der Waals surface area contributed by atoms with Crippen molar-refractivity contribution in [1.29, 1.82) is 0 Å². The highest BCUT2D eigenvalue weighted by Crippen LogP contribution is 2.27. The molecule has 5 heteroatoms. The van der Waals surface area contributed by atoms with Gasteiger partial charge in [-0.2, -0.15) is 0 Å². The Balaban J connectivity index is 2.12. The lowest BCUT2D eigenvalue weighted by molar-refractivity contribution is 0.305. The predicted molar refractivity (Wildman–Crippen MR) is 86.7 cm³/mol. The van der Waals surface area contributed by atoms with Gasteiger partial charge < -0.3 is 15.2 Å². The molecular weight excluding hydrogens is 338 g/mol. The van der Waals surface area contributed by atoms with Gasteiger partial charge in [0.25, 0.3) is 0 Å². The monoisotopic (exact) mass is 355 g/mol. The fraction of sp³-hybridized carbons (Fsp3) is 0.333. The van der Waals surface area contributed by atoms with Crippen molar-refractivity contribution in [3.63, 3.8) is 0 Å². The largest absolute Gasteiger partial charge is 0.497 e. The Morgan fingerprint density at radius 3 is 2.75 bits per heavy atom. The van der Waals surface area contributed by atoms with Crippen LogP contribution in [0.3, 0.4) is 0 Å². The first-order valence-corrected chi connectivity index (χ1v) is 8.04. The summed E-state index contributed by atoms with van der Waals surface area (Å²) in [5.41, 5.74) is 6.97. The molecule has 1 atom stereocenters. The maximum Gasteiger partial charge on any atom is 0.123 e. The van der Waals surface area contributed by atoms with Gasteiger partial charge in [0.1, 0.15) is 18.1 Å². The predicted octanol–water partition coefficient (Wildman–Crippen LogP) is 3.99. The molecule has 0 aliphatic carbocycles. The zero-order chi connectivity index (χ0) is 14.5. The molecule has 20 heavy (non-hydrogen) atoms. The van der Waals surface area contributed by atoms with E-state index in [1.165, 1.54) is 4.88 Å². The summed E-state index contributed by atoms with van der Waals surface area (Å²) in [7, 11) is 1.66. The number of nitrogens with two attached hydrogens (primary N) is 1. The minimum absolute atomic E-state index is 0.0836. The van der Waals surface area contributed by atoms with Crippen molar-refractivity contribution in [2.45, 2.75) is 26.0 Å². The molecule has 0 aliphatic heterocycles. The Kier molecular flexibility index (Phi) is 5.46. The van der Waals surface area contributed by atoms with E-state index in [2.05, 4.69) is 27.4 Å². The number of methoxy groups -OCH3 is 1. The van der Waals surface area contributed by atoms with Crippen molar-refractivity contribution in [2.75, 3.05) is 7.11 Å². The molecule has 2 rings (SSSR count). The normalized spacial score (nSPS) is 12.2. The summed E-state index contributed by atoms with van der Waals surface area (Å²) < 4.78 is 12.3. The maximum absolute atomic E-state index is 5.92. The van der Waals surface area contributed by atoms with Gasteiger partial charge >= 0.3 is 0 Å². The highest BCUT2D eigenvalue weighted by molar-refractivity contribution is 9.10. The Bertz CT molecular complexity index is 569. The van der Waals surface area contributed by atoms with E-state index in [0.717, 1.165) is 28.0 Å². The number of hydrogen-bond acceptors (Lipinski definition) is 4. The Morgan fingerprint density at radius 1 is 1.35 bits per heavy atom. The molecule has 3 nitrogen and oxygen atoms in total. The topological polar surface area (TPSA) is 44.5 Å². The van der Waals surface area contributed by atoms with E-state index in [1.807, 2.05) is 25.1 Å². The van der Waals surface area contributed by atoms with Crippen LogP contribution >= 0.6 is 27.3 Å². The molecule has 108 valence electrons. The van der Waals surface area contributed by atoms with Crippen LogP contribution in [0.2, 0.25) is 0 Å². The Morgan fingerprint density at radius 2 is 2.15 bits per heavy atom. The number of halogens is 1. The number of ether oxygens (including phenoxy) is 2. The SMILES string of the molecule is COc1ccc(OCc2cc(Br)cs2)c(CC(C)N)c1. The first-order valence-electron chi connectivity index (χ1n) is 6.36. The lowest BCUT2D eigenvalue weighted by atomic mass is 10.1. The molecule has 1 unspecified atom stereocenters. The third kappa shape index (κ3) is 4.23. The molecule has 0 aliphatic rings. The third-order valence-electron chi connectivity index (χ3n) is 2.80. The molecule has 1 aromatic heterocycles. The van der Waals surface area contributed by atoms with E-state index in [-0.39, 0.29) is 6.04 Å². The van der Waals surface area contributed by atoms with Gasteiger partial charge in [-0.1, -0.05) is 0 Å². The van der Waals surface area contributed by atoms with Crippen LogP contribution in [0.15, 0.2) is 34.1 Å². The van der Waals surface area contributed by atoms with Crippen LogP contribution in [-0.4, -0.2) is 13.2 Å². The van der Waals surface area contributed by atoms with Crippen molar-refractivity contribution in [3.05, 3.63) is 44.6 Å². The standard InChI is InChI=1S/C15H18BrNO2S/c1-10(17)5-11-6-13(18-2)3-4-15(11)19-8-14-7-12(16)9-20-14/h3-4,6-7,9-10H,5,8,17H2,1-2H3. The summed E-state index contributed by atoms with van der Waals surface area (Å²) in [6, 6.07) is 7.99. The summed E-state index contributed by atoms with van der Waals surface area (Å²) in [5, 5.41) is 2.05. The van der Waals surface area contributed by atoms with Gasteiger partial charge in [0.15, 0.2) is 0 Å². The summed E-state index contributed by atoms with van der Waals surface area (Å²) in [4.78, 5) is 1.18. The number of hydrogen-bond donors (Lipinski definition) is 1. The number of thiophene rings is 1. The minimum Gasteiger partial charge on any atom is -0.497 e. The lowest BCUT2D eigenvalue weighted by Crippen LogP contribution is -2.18.